The van der Waals surface area contributed by atoms with Gasteiger partial charge in [-0.2, -0.15) is 9.61 Å². The molecule has 1 fully saturated rings. The first-order valence-corrected chi connectivity index (χ1v) is 5.99. The number of nitrogens with one attached hydrogen (secondary N) is 1. The van der Waals surface area contributed by atoms with Gasteiger partial charge >= 0.3 is 0 Å². The van der Waals surface area contributed by atoms with E-state index in [-0.39, 0.29) is 0 Å². The SMILES string of the molecule is Cc1nnc2sc(C3NCCC3C)nn12. The maximum atomic E-state index is 4.55. The van der Waals surface area contributed by atoms with Gasteiger partial charge in [0, 0.05) is 0 Å². The number of nitrogens with zero attached hydrogens (tertiary/aromatic N) is 4. The summed E-state index contributed by atoms with van der Waals surface area (Å²) in [5, 5.41) is 17.2. The zero-order valence-electron chi connectivity index (χ0n) is 8.77. The van der Waals surface area contributed by atoms with Crippen LogP contribution in [-0.2, 0) is 0 Å². The Morgan fingerprint density at radius 3 is 3.00 bits per heavy atom. The van der Waals surface area contributed by atoms with E-state index in [1.165, 1.54) is 6.42 Å². The molecule has 3 heterocycles. The molecule has 2 atom stereocenters. The van der Waals surface area contributed by atoms with Crippen LogP contribution in [0.2, 0.25) is 0 Å². The molecule has 0 radical (unpaired) electrons. The van der Waals surface area contributed by atoms with E-state index in [2.05, 4.69) is 27.5 Å². The summed E-state index contributed by atoms with van der Waals surface area (Å²) in [6, 6.07) is 0.399. The van der Waals surface area contributed by atoms with Crippen molar-refractivity contribution in [2.24, 2.45) is 5.92 Å². The Morgan fingerprint density at radius 1 is 1.47 bits per heavy atom. The van der Waals surface area contributed by atoms with Gasteiger partial charge in [-0.15, -0.1) is 10.2 Å². The average Bonchev–Trinajstić information content (AvgIpc) is 2.84. The smallest absolute Gasteiger partial charge is 0.234 e. The number of rotatable bonds is 1. The van der Waals surface area contributed by atoms with E-state index >= 15 is 0 Å². The Hall–Kier alpha value is -1.01. The van der Waals surface area contributed by atoms with E-state index in [0.29, 0.717) is 12.0 Å². The highest BCUT2D eigenvalue weighted by atomic mass is 32.1. The third kappa shape index (κ3) is 1.36. The number of hydrogen-bond acceptors (Lipinski definition) is 5. The van der Waals surface area contributed by atoms with Crippen molar-refractivity contribution in [3.05, 3.63) is 10.8 Å². The zero-order chi connectivity index (χ0) is 10.4. The molecule has 1 aliphatic rings. The summed E-state index contributed by atoms with van der Waals surface area (Å²) in [7, 11) is 0. The molecule has 0 aromatic carbocycles. The lowest BCUT2D eigenvalue weighted by Crippen LogP contribution is -2.16. The fraction of sp³-hybridized carbons (Fsp3) is 0.667. The lowest BCUT2D eigenvalue weighted by atomic mass is 10.0. The average molecular weight is 223 g/mol. The molecule has 0 saturated carbocycles. The van der Waals surface area contributed by atoms with Crippen LogP contribution in [0.1, 0.15) is 30.2 Å². The second-order valence-corrected chi connectivity index (χ2v) is 5.07. The van der Waals surface area contributed by atoms with Crippen molar-refractivity contribution in [2.45, 2.75) is 26.3 Å². The molecular weight excluding hydrogens is 210 g/mol. The Kier molecular flexibility index (Phi) is 2.00. The van der Waals surface area contributed by atoms with Gasteiger partial charge < -0.3 is 5.32 Å². The zero-order valence-corrected chi connectivity index (χ0v) is 9.58. The van der Waals surface area contributed by atoms with Gasteiger partial charge in [0.2, 0.25) is 4.96 Å². The topological polar surface area (TPSA) is 55.1 Å². The highest BCUT2D eigenvalue weighted by molar-refractivity contribution is 7.16. The first-order valence-electron chi connectivity index (χ1n) is 5.18. The predicted molar refractivity (Wildman–Crippen MR) is 57.9 cm³/mol. The molecule has 0 aliphatic carbocycles. The maximum absolute atomic E-state index is 4.55. The number of aryl methyl sites for hydroxylation is 1. The second kappa shape index (κ2) is 3.24. The Morgan fingerprint density at radius 2 is 2.33 bits per heavy atom. The highest BCUT2D eigenvalue weighted by Gasteiger charge is 2.27. The Labute approximate surface area is 91.5 Å². The summed E-state index contributed by atoms with van der Waals surface area (Å²) in [6.45, 7) is 5.28. The molecule has 3 rings (SSSR count). The predicted octanol–water partition coefficient (Wildman–Crippen LogP) is 1.16. The lowest BCUT2D eigenvalue weighted by molar-refractivity contribution is 0.496. The number of aromatic nitrogens is 4. The third-order valence-corrected chi connectivity index (χ3v) is 3.94. The van der Waals surface area contributed by atoms with E-state index in [4.69, 9.17) is 0 Å². The van der Waals surface area contributed by atoms with Crippen molar-refractivity contribution in [3.8, 4) is 0 Å². The van der Waals surface area contributed by atoms with Crippen LogP contribution in [0.4, 0.5) is 0 Å². The van der Waals surface area contributed by atoms with Crippen molar-refractivity contribution in [2.75, 3.05) is 6.54 Å². The normalized spacial score (nSPS) is 26.5. The molecular formula is C9H13N5S. The molecule has 15 heavy (non-hydrogen) atoms. The van der Waals surface area contributed by atoms with Crippen molar-refractivity contribution >= 4 is 16.3 Å². The first kappa shape index (κ1) is 9.23. The van der Waals surface area contributed by atoms with Gasteiger partial charge in [0.05, 0.1) is 6.04 Å². The summed E-state index contributed by atoms with van der Waals surface area (Å²) in [4.78, 5) is 0.892. The summed E-state index contributed by atoms with van der Waals surface area (Å²) >= 11 is 1.63. The van der Waals surface area contributed by atoms with Crippen LogP contribution in [0.5, 0.6) is 0 Å². The van der Waals surface area contributed by atoms with Crippen molar-refractivity contribution in [3.63, 3.8) is 0 Å². The van der Waals surface area contributed by atoms with E-state index in [1.54, 1.807) is 11.3 Å². The monoisotopic (exact) mass is 223 g/mol. The standard InChI is InChI=1S/C9H13N5S/c1-5-3-4-10-7(5)8-13-14-6(2)11-12-9(14)15-8/h5,7,10H,3-4H2,1-2H3. The van der Waals surface area contributed by atoms with Crippen LogP contribution in [0, 0.1) is 12.8 Å². The van der Waals surface area contributed by atoms with Gasteiger partial charge in [-0.05, 0) is 25.8 Å². The van der Waals surface area contributed by atoms with Gasteiger partial charge in [0.25, 0.3) is 0 Å². The number of fused-ring (bicyclic) bond motifs is 1. The molecule has 0 amide bonds. The maximum Gasteiger partial charge on any atom is 0.234 e. The molecule has 1 aliphatic heterocycles. The van der Waals surface area contributed by atoms with Crippen LogP contribution in [0.15, 0.2) is 0 Å². The van der Waals surface area contributed by atoms with Crippen molar-refractivity contribution in [1.82, 2.24) is 25.1 Å². The van der Waals surface area contributed by atoms with E-state index in [9.17, 15) is 0 Å². The Balaban J connectivity index is 2.04. The molecule has 0 bridgehead atoms. The molecule has 2 aromatic rings. The largest absolute Gasteiger partial charge is 0.308 e. The van der Waals surface area contributed by atoms with Crippen LogP contribution >= 0.6 is 11.3 Å². The summed E-state index contributed by atoms with van der Waals surface area (Å²) < 4.78 is 1.83. The van der Waals surface area contributed by atoms with Crippen molar-refractivity contribution in [1.29, 1.82) is 0 Å². The fourth-order valence-corrected chi connectivity index (χ4v) is 3.11. The molecule has 2 aromatic heterocycles. The second-order valence-electron chi connectivity index (χ2n) is 4.08. The van der Waals surface area contributed by atoms with Crippen LogP contribution in [0.3, 0.4) is 0 Å². The van der Waals surface area contributed by atoms with Crippen LogP contribution in [0.25, 0.3) is 4.96 Å². The minimum Gasteiger partial charge on any atom is -0.308 e. The summed E-state index contributed by atoms with van der Waals surface area (Å²) in [6.07, 6.45) is 1.23. The van der Waals surface area contributed by atoms with Gasteiger partial charge in [-0.3, -0.25) is 0 Å². The van der Waals surface area contributed by atoms with Gasteiger partial charge in [0.1, 0.15) is 5.01 Å². The highest BCUT2D eigenvalue weighted by Crippen LogP contribution is 2.31. The number of hydrogen-bond donors (Lipinski definition) is 1. The molecule has 1 saturated heterocycles. The van der Waals surface area contributed by atoms with Gasteiger partial charge in [0.15, 0.2) is 5.82 Å². The Bertz CT molecular complexity index is 488. The fourth-order valence-electron chi connectivity index (χ4n) is 2.02. The first-order chi connectivity index (χ1) is 7.25. The summed E-state index contributed by atoms with van der Waals surface area (Å²) in [5.41, 5.74) is 0. The minimum atomic E-state index is 0.399. The van der Waals surface area contributed by atoms with E-state index in [0.717, 1.165) is 22.3 Å². The molecule has 80 valence electrons. The van der Waals surface area contributed by atoms with E-state index in [1.807, 2.05) is 11.4 Å². The molecule has 6 heteroatoms. The minimum absolute atomic E-state index is 0.399. The molecule has 0 spiro atoms. The van der Waals surface area contributed by atoms with Crippen LogP contribution in [-0.4, -0.2) is 26.4 Å². The van der Waals surface area contributed by atoms with Crippen molar-refractivity contribution < 1.29 is 0 Å². The lowest BCUT2D eigenvalue weighted by Gasteiger charge is -2.10. The molecule has 1 N–H and O–H groups in total. The van der Waals surface area contributed by atoms with Crippen LogP contribution < -0.4 is 5.32 Å². The molecule has 5 nitrogen and oxygen atoms in total. The third-order valence-electron chi connectivity index (χ3n) is 2.96. The van der Waals surface area contributed by atoms with E-state index < -0.39 is 0 Å². The molecule has 2 unspecified atom stereocenters. The van der Waals surface area contributed by atoms with Gasteiger partial charge in [-0.1, -0.05) is 18.3 Å². The van der Waals surface area contributed by atoms with Gasteiger partial charge in [-0.25, -0.2) is 0 Å². The quantitative estimate of drug-likeness (QED) is 0.788. The summed E-state index contributed by atoms with van der Waals surface area (Å²) in [5.74, 6) is 1.52.